The minimum absolute atomic E-state index is 0.0220. The van der Waals surface area contributed by atoms with E-state index in [2.05, 4.69) is 5.32 Å². The van der Waals surface area contributed by atoms with Crippen LogP contribution in [0.4, 0.5) is 5.69 Å². The first-order valence-corrected chi connectivity index (χ1v) is 15.8. The topological polar surface area (TPSA) is 86.8 Å². The molecule has 10 heteroatoms. The Balaban J connectivity index is 2.09. The van der Waals surface area contributed by atoms with E-state index in [-0.39, 0.29) is 39.1 Å². The van der Waals surface area contributed by atoms with Crippen LogP contribution in [0.25, 0.3) is 0 Å². The minimum Gasteiger partial charge on any atom is -0.352 e. The first-order chi connectivity index (χ1) is 19.4. The fraction of sp³-hybridized carbons (Fsp3) is 0.355. The van der Waals surface area contributed by atoms with Crippen LogP contribution in [0.1, 0.15) is 50.3 Å². The monoisotopic (exact) mass is 617 g/mol. The van der Waals surface area contributed by atoms with Crippen LogP contribution in [0.2, 0.25) is 10.0 Å². The van der Waals surface area contributed by atoms with Gasteiger partial charge >= 0.3 is 0 Å². The van der Waals surface area contributed by atoms with E-state index < -0.39 is 28.5 Å². The summed E-state index contributed by atoms with van der Waals surface area (Å²) in [5, 5.41) is 3.38. The second-order valence-electron chi connectivity index (χ2n) is 10.2. The largest absolute Gasteiger partial charge is 0.352 e. The molecule has 0 aliphatic rings. The van der Waals surface area contributed by atoms with E-state index in [9.17, 15) is 18.0 Å². The van der Waals surface area contributed by atoms with E-state index >= 15 is 0 Å². The van der Waals surface area contributed by atoms with Crippen molar-refractivity contribution in [2.45, 2.75) is 71.0 Å². The van der Waals surface area contributed by atoms with Gasteiger partial charge in [0.25, 0.3) is 10.0 Å². The van der Waals surface area contributed by atoms with Crippen LogP contribution in [-0.2, 0) is 26.2 Å². The molecule has 7 nitrogen and oxygen atoms in total. The van der Waals surface area contributed by atoms with Crippen molar-refractivity contribution < 1.29 is 18.0 Å². The zero-order chi connectivity index (χ0) is 30.3. The van der Waals surface area contributed by atoms with Gasteiger partial charge in [-0.05, 0) is 69.5 Å². The van der Waals surface area contributed by atoms with Crippen molar-refractivity contribution >= 4 is 50.7 Å². The van der Waals surface area contributed by atoms with Crippen LogP contribution >= 0.6 is 23.2 Å². The van der Waals surface area contributed by atoms with Crippen LogP contribution < -0.4 is 9.62 Å². The van der Waals surface area contributed by atoms with Crippen LogP contribution in [0.15, 0.2) is 71.6 Å². The maximum absolute atomic E-state index is 14.1. The number of benzene rings is 3. The summed E-state index contributed by atoms with van der Waals surface area (Å²) >= 11 is 12.4. The number of sulfonamides is 1. The molecule has 220 valence electrons. The summed E-state index contributed by atoms with van der Waals surface area (Å²) in [4.78, 5) is 29.0. The Hall–Kier alpha value is -3.07. The van der Waals surface area contributed by atoms with E-state index in [0.29, 0.717) is 6.42 Å². The Morgan fingerprint density at radius 3 is 2.15 bits per heavy atom. The van der Waals surface area contributed by atoms with Crippen molar-refractivity contribution in [3.63, 3.8) is 0 Å². The van der Waals surface area contributed by atoms with Crippen molar-refractivity contribution in [3.8, 4) is 0 Å². The normalized spacial score (nSPS) is 12.9. The maximum atomic E-state index is 14.1. The average Bonchev–Trinajstić information content (AvgIpc) is 2.93. The van der Waals surface area contributed by atoms with Gasteiger partial charge in [0.1, 0.15) is 12.6 Å². The van der Waals surface area contributed by atoms with Gasteiger partial charge in [-0.15, -0.1) is 0 Å². The standard InChI is InChI=1S/C31H37Cl2N3O4S/c1-6-23(5)34-31(38)29(7-2)35(19-24-10-8-9-22(4)17-24)30(37)20-36(25-13-16-27(32)28(33)18-25)41(39,40)26-14-11-21(3)12-15-26/h8-18,23,29H,6-7,19-20H2,1-5H3,(H,34,38)/t23-,29+/m0/s1. The molecule has 0 unspecified atom stereocenters. The van der Waals surface area contributed by atoms with Gasteiger partial charge in [0.05, 0.1) is 20.6 Å². The lowest BCUT2D eigenvalue weighted by Gasteiger charge is -2.34. The lowest BCUT2D eigenvalue weighted by Crippen LogP contribution is -2.53. The number of rotatable bonds is 12. The Kier molecular flexibility index (Phi) is 11.2. The molecule has 0 aromatic heterocycles. The van der Waals surface area contributed by atoms with Crippen LogP contribution in [0.5, 0.6) is 0 Å². The Morgan fingerprint density at radius 1 is 0.878 bits per heavy atom. The van der Waals surface area contributed by atoms with Crippen LogP contribution in [0, 0.1) is 13.8 Å². The van der Waals surface area contributed by atoms with Crippen LogP contribution in [0.3, 0.4) is 0 Å². The molecule has 0 saturated heterocycles. The molecule has 2 amide bonds. The van der Waals surface area contributed by atoms with Crippen molar-refractivity contribution in [2.24, 2.45) is 0 Å². The number of aryl methyl sites for hydroxylation is 2. The summed E-state index contributed by atoms with van der Waals surface area (Å²) in [5.41, 5.74) is 2.91. The molecule has 3 rings (SSSR count). The van der Waals surface area contributed by atoms with Crippen LogP contribution in [-0.4, -0.2) is 43.8 Å². The third kappa shape index (κ3) is 8.24. The number of amides is 2. The molecule has 0 fully saturated rings. The van der Waals surface area contributed by atoms with Gasteiger partial charge in [-0.2, -0.15) is 0 Å². The lowest BCUT2D eigenvalue weighted by atomic mass is 10.1. The molecule has 1 N–H and O–H groups in total. The fourth-order valence-electron chi connectivity index (χ4n) is 4.37. The average molecular weight is 619 g/mol. The van der Waals surface area contributed by atoms with E-state index in [1.807, 2.05) is 58.9 Å². The number of hydrogen-bond acceptors (Lipinski definition) is 4. The molecule has 0 heterocycles. The molecule has 0 saturated carbocycles. The third-order valence-corrected chi connectivity index (χ3v) is 9.43. The molecule has 3 aromatic carbocycles. The summed E-state index contributed by atoms with van der Waals surface area (Å²) < 4.78 is 28.9. The number of carbonyl (C=O) groups excluding carboxylic acids is 2. The fourth-order valence-corrected chi connectivity index (χ4v) is 6.07. The number of carbonyl (C=O) groups is 2. The predicted octanol–water partition coefficient (Wildman–Crippen LogP) is 6.53. The summed E-state index contributed by atoms with van der Waals surface area (Å²) in [7, 11) is -4.20. The van der Waals surface area contributed by atoms with Gasteiger partial charge in [-0.25, -0.2) is 8.42 Å². The third-order valence-electron chi connectivity index (χ3n) is 6.90. The summed E-state index contributed by atoms with van der Waals surface area (Å²) in [6, 6.07) is 17.6. The van der Waals surface area contributed by atoms with E-state index in [1.165, 1.54) is 35.2 Å². The summed E-state index contributed by atoms with van der Waals surface area (Å²) in [6.45, 7) is 9.08. The van der Waals surface area contributed by atoms with Gasteiger partial charge in [0.15, 0.2) is 0 Å². The number of halogens is 2. The number of hydrogen-bond donors (Lipinski definition) is 1. The van der Waals surface area contributed by atoms with Crippen molar-refractivity contribution in [1.29, 1.82) is 0 Å². The Bertz CT molecular complexity index is 1480. The van der Waals surface area contributed by atoms with Crippen molar-refractivity contribution in [1.82, 2.24) is 10.2 Å². The zero-order valence-corrected chi connectivity index (χ0v) is 26.4. The molecule has 0 bridgehead atoms. The summed E-state index contributed by atoms with van der Waals surface area (Å²) in [6.07, 6.45) is 1.07. The first kappa shape index (κ1) is 32.4. The molecule has 0 aliphatic heterocycles. The highest BCUT2D eigenvalue weighted by Crippen LogP contribution is 2.31. The lowest BCUT2D eigenvalue weighted by molar-refractivity contribution is -0.140. The summed E-state index contributed by atoms with van der Waals surface area (Å²) in [5.74, 6) is -0.815. The van der Waals surface area contributed by atoms with Gasteiger partial charge in [0, 0.05) is 12.6 Å². The van der Waals surface area contributed by atoms with Gasteiger partial charge in [0.2, 0.25) is 11.8 Å². The Labute approximate surface area is 253 Å². The van der Waals surface area contributed by atoms with E-state index in [1.54, 1.807) is 12.1 Å². The SMILES string of the molecule is CC[C@H](C(=O)N[C@@H](C)CC)N(Cc1cccc(C)c1)C(=O)CN(c1ccc(Cl)c(Cl)c1)S(=O)(=O)c1ccc(C)cc1. The molecule has 0 aliphatic carbocycles. The molecule has 2 atom stereocenters. The minimum atomic E-state index is -4.20. The van der Waals surface area contributed by atoms with Gasteiger partial charge < -0.3 is 10.2 Å². The highest BCUT2D eigenvalue weighted by atomic mass is 35.5. The number of nitrogens with one attached hydrogen (secondary N) is 1. The smallest absolute Gasteiger partial charge is 0.264 e. The molecular formula is C31H37Cl2N3O4S. The molecule has 0 spiro atoms. The maximum Gasteiger partial charge on any atom is 0.264 e. The Morgan fingerprint density at radius 2 is 1.56 bits per heavy atom. The highest BCUT2D eigenvalue weighted by molar-refractivity contribution is 7.92. The van der Waals surface area contributed by atoms with Crippen molar-refractivity contribution in [3.05, 3.63) is 93.5 Å². The van der Waals surface area contributed by atoms with E-state index in [4.69, 9.17) is 23.2 Å². The second-order valence-corrected chi connectivity index (χ2v) is 12.9. The molecule has 0 radical (unpaired) electrons. The highest BCUT2D eigenvalue weighted by Gasteiger charge is 2.34. The first-order valence-electron chi connectivity index (χ1n) is 13.6. The van der Waals surface area contributed by atoms with Gasteiger partial charge in [-0.3, -0.25) is 13.9 Å². The van der Waals surface area contributed by atoms with Crippen molar-refractivity contribution in [2.75, 3.05) is 10.8 Å². The second kappa shape index (κ2) is 14.2. The quantitative estimate of drug-likeness (QED) is 0.250. The van der Waals surface area contributed by atoms with Gasteiger partial charge in [-0.1, -0.05) is 84.6 Å². The zero-order valence-electron chi connectivity index (χ0n) is 24.0. The van der Waals surface area contributed by atoms with E-state index in [0.717, 1.165) is 27.4 Å². The molecule has 41 heavy (non-hydrogen) atoms. The predicted molar refractivity (Wildman–Crippen MR) is 166 cm³/mol. The number of anilines is 1. The molecule has 3 aromatic rings. The molecular weight excluding hydrogens is 581 g/mol. The number of nitrogens with zero attached hydrogens (tertiary/aromatic N) is 2.